The highest BCUT2D eigenvalue weighted by Crippen LogP contribution is 2.25. The number of hydrogen-bond donors (Lipinski definition) is 2. The van der Waals surface area contributed by atoms with Crippen LogP contribution in [0.4, 0.5) is 4.39 Å². The number of benzene rings is 1. The third-order valence-electron chi connectivity index (χ3n) is 4.48. The lowest BCUT2D eigenvalue weighted by molar-refractivity contribution is -0.129. The molecule has 2 aromatic heterocycles. The Morgan fingerprint density at radius 3 is 3.00 bits per heavy atom. The first-order valence-electron chi connectivity index (χ1n) is 8.21. The summed E-state index contributed by atoms with van der Waals surface area (Å²) in [5.74, 6) is -0.170. The average molecular weight is 356 g/mol. The number of halogens is 1. The first-order valence-corrected chi connectivity index (χ1v) is 8.21. The molecule has 1 atom stereocenters. The minimum atomic E-state index is -0.646. The van der Waals surface area contributed by atoms with Gasteiger partial charge in [0.1, 0.15) is 23.1 Å². The van der Waals surface area contributed by atoms with Crippen LogP contribution in [0.25, 0.3) is 11.0 Å². The van der Waals surface area contributed by atoms with Crippen LogP contribution in [-0.2, 0) is 18.4 Å². The van der Waals surface area contributed by atoms with Crippen molar-refractivity contribution in [3.05, 3.63) is 58.0 Å². The summed E-state index contributed by atoms with van der Waals surface area (Å²) in [5, 5.41) is 7.26. The zero-order valence-electron chi connectivity index (χ0n) is 14.1. The van der Waals surface area contributed by atoms with Gasteiger partial charge in [-0.25, -0.2) is 9.37 Å². The van der Waals surface area contributed by atoms with E-state index < -0.39 is 11.9 Å². The zero-order chi connectivity index (χ0) is 18.3. The lowest BCUT2D eigenvalue weighted by Gasteiger charge is -2.34. The van der Waals surface area contributed by atoms with Gasteiger partial charge in [0.15, 0.2) is 5.65 Å². The molecule has 0 bridgehead atoms. The van der Waals surface area contributed by atoms with E-state index in [9.17, 15) is 14.0 Å². The van der Waals surface area contributed by atoms with Gasteiger partial charge in [-0.3, -0.25) is 19.2 Å². The van der Waals surface area contributed by atoms with Gasteiger partial charge in [0.25, 0.3) is 5.56 Å². The van der Waals surface area contributed by atoms with E-state index in [0.717, 1.165) is 0 Å². The molecule has 1 amide bonds. The molecule has 1 aromatic carbocycles. The lowest BCUT2D eigenvalue weighted by atomic mass is 10.0. The van der Waals surface area contributed by atoms with Crippen LogP contribution in [0.5, 0.6) is 0 Å². The van der Waals surface area contributed by atoms with E-state index in [1.54, 1.807) is 19.2 Å². The molecule has 0 radical (unpaired) electrons. The van der Waals surface area contributed by atoms with Crippen molar-refractivity contribution in [1.82, 2.24) is 30.0 Å². The van der Waals surface area contributed by atoms with Crippen LogP contribution in [-0.4, -0.2) is 43.6 Å². The summed E-state index contributed by atoms with van der Waals surface area (Å²) in [7, 11) is 1.71. The summed E-state index contributed by atoms with van der Waals surface area (Å²) < 4.78 is 15.1. The molecule has 4 rings (SSSR count). The van der Waals surface area contributed by atoms with Gasteiger partial charge in [-0.05, 0) is 17.7 Å². The Morgan fingerprint density at radius 1 is 1.35 bits per heavy atom. The summed E-state index contributed by atoms with van der Waals surface area (Å²) in [6, 6.07) is 5.33. The van der Waals surface area contributed by atoms with Crippen LogP contribution in [0.15, 0.2) is 35.3 Å². The fourth-order valence-corrected chi connectivity index (χ4v) is 3.27. The number of rotatable bonds is 3. The number of H-pyrrole nitrogens is 1. The van der Waals surface area contributed by atoms with Gasteiger partial charge in [0.05, 0.1) is 12.7 Å². The summed E-state index contributed by atoms with van der Waals surface area (Å²) in [6.07, 6.45) is 1.47. The minimum absolute atomic E-state index is 0.203. The second-order valence-electron chi connectivity index (χ2n) is 6.24. The van der Waals surface area contributed by atoms with Gasteiger partial charge in [-0.15, -0.1) is 0 Å². The van der Waals surface area contributed by atoms with Crippen molar-refractivity contribution in [2.75, 3.05) is 13.1 Å². The molecule has 0 aliphatic carbocycles. The van der Waals surface area contributed by atoms with Crippen molar-refractivity contribution < 1.29 is 9.18 Å². The van der Waals surface area contributed by atoms with Crippen LogP contribution in [0, 0.1) is 5.82 Å². The molecule has 9 heteroatoms. The largest absolute Gasteiger partial charge is 0.353 e. The van der Waals surface area contributed by atoms with E-state index in [2.05, 4.69) is 20.4 Å². The van der Waals surface area contributed by atoms with E-state index in [-0.39, 0.29) is 18.0 Å². The number of piperazine rings is 1. The number of fused-ring (bicyclic) bond motifs is 1. The Hall–Kier alpha value is -3.07. The van der Waals surface area contributed by atoms with Crippen molar-refractivity contribution >= 4 is 16.9 Å². The van der Waals surface area contributed by atoms with E-state index in [1.807, 2.05) is 4.90 Å². The average Bonchev–Trinajstić information content (AvgIpc) is 2.97. The highest BCUT2D eigenvalue weighted by atomic mass is 19.1. The number of aromatic nitrogens is 4. The SMILES string of the molecule is Cn1ncc2c(=O)[nH]c(CN3CCNC(=O)C3c3cccc(F)c3)nc21. The predicted molar refractivity (Wildman–Crippen MR) is 91.7 cm³/mol. The van der Waals surface area contributed by atoms with E-state index in [1.165, 1.54) is 23.0 Å². The van der Waals surface area contributed by atoms with Crippen molar-refractivity contribution in [3.63, 3.8) is 0 Å². The van der Waals surface area contributed by atoms with Gasteiger partial charge in [0, 0.05) is 20.1 Å². The van der Waals surface area contributed by atoms with Crippen LogP contribution in [0.1, 0.15) is 17.4 Å². The summed E-state index contributed by atoms with van der Waals surface area (Å²) in [6.45, 7) is 1.29. The second kappa shape index (κ2) is 6.34. The lowest BCUT2D eigenvalue weighted by Crippen LogP contribution is -2.49. The van der Waals surface area contributed by atoms with Crippen LogP contribution in [0.2, 0.25) is 0 Å². The molecule has 2 N–H and O–H groups in total. The molecular formula is C17H17FN6O2. The number of carbonyl (C=O) groups is 1. The highest BCUT2D eigenvalue weighted by molar-refractivity contribution is 5.83. The second-order valence-corrected chi connectivity index (χ2v) is 6.24. The van der Waals surface area contributed by atoms with Crippen molar-refractivity contribution in [2.45, 2.75) is 12.6 Å². The maximum atomic E-state index is 13.6. The van der Waals surface area contributed by atoms with Crippen LogP contribution in [0.3, 0.4) is 0 Å². The number of carbonyl (C=O) groups excluding carboxylic acids is 1. The number of hydrogen-bond acceptors (Lipinski definition) is 5. The smallest absolute Gasteiger partial charge is 0.262 e. The quantitative estimate of drug-likeness (QED) is 0.711. The van der Waals surface area contributed by atoms with Gasteiger partial charge in [-0.1, -0.05) is 12.1 Å². The first kappa shape index (κ1) is 16.4. The number of amides is 1. The summed E-state index contributed by atoms with van der Waals surface area (Å²) >= 11 is 0. The molecule has 3 aromatic rings. The maximum absolute atomic E-state index is 13.6. The molecule has 134 valence electrons. The monoisotopic (exact) mass is 356 g/mol. The molecule has 0 spiro atoms. The van der Waals surface area contributed by atoms with E-state index in [0.29, 0.717) is 35.5 Å². The molecule has 26 heavy (non-hydrogen) atoms. The molecular weight excluding hydrogens is 339 g/mol. The topological polar surface area (TPSA) is 95.9 Å². The first-order chi connectivity index (χ1) is 12.5. The molecule has 1 aliphatic heterocycles. The number of aryl methyl sites for hydroxylation is 1. The molecule has 1 unspecified atom stereocenters. The Labute approximate surface area is 147 Å². The molecule has 8 nitrogen and oxygen atoms in total. The Balaban J connectivity index is 1.70. The molecule has 1 aliphatic rings. The minimum Gasteiger partial charge on any atom is -0.353 e. The Bertz CT molecular complexity index is 1040. The molecule has 1 saturated heterocycles. The molecule has 3 heterocycles. The fourth-order valence-electron chi connectivity index (χ4n) is 3.27. The predicted octanol–water partition coefficient (Wildman–Crippen LogP) is 0.469. The van der Waals surface area contributed by atoms with Crippen molar-refractivity contribution in [3.8, 4) is 0 Å². The van der Waals surface area contributed by atoms with Gasteiger partial charge < -0.3 is 10.3 Å². The van der Waals surface area contributed by atoms with Crippen molar-refractivity contribution in [1.29, 1.82) is 0 Å². The fraction of sp³-hybridized carbons (Fsp3) is 0.294. The molecule has 0 saturated carbocycles. The number of nitrogens with one attached hydrogen (secondary N) is 2. The third-order valence-corrected chi connectivity index (χ3v) is 4.48. The zero-order valence-corrected chi connectivity index (χ0v) is 14.1. The van der Waals surface area contributed by atoms with E-state index in [4.69, 9.17) is 0 Å². The summed E-state index contributed by atoms with van der Waals surface area (Å²) in [4.78, 5) is 33.7. The highest BCUT2D eigenvalue weighted by Gasteiger charge is 2.32. The van der Waals surface area contributed by atoms with Crippen LogP contribution < -0.4 is 10.9 Å². The standard InChI is InChI=1S/C17H17FN6O2/c1-23-15-12(8-20-23)16(25)22-13(21-15)9-24-6-5-19-17(26)14(24)10-3-2-4-11(18)7-10/h2-4,7-8,14H,5-6,9H2,1H3,(H,19,26)(H,21,22,25). The van der Waals surface area contributed by atoms with Gasteiger partial charge >= 0.3 is 0 Å². The maximum Gasteiger partial charge on any atom is 0.262 e. The Kier molecular flexibility index (Phi) is 4.00. The van der Waals surface area contributed by atoms with Gasteiger partial charge in [0.2, 0.25) is 5.91 Å². The summed E-state index contributed by atoms with van der Waals surface area (Å²) in [5.41, 5.74) is 0.764. The normalized spacial score (nSPS) is 18.2. The third kappa shape index (κ3) is 2.86. The number of nitrogens with zero attached hydrogens (tertiary/aromatic N) is 4. The number of aromatic amines is 1. The van der Waals surface area contributed by atoms with Crippen LogP contribution >= 0.6 is 0 Å². The van der Waals surface area contributed by atoms with Gasteiger partial charge in [-0.2, -0.15) is 5.10 Å². The Morgan fingerprint density at radius 2 is 2.19 bits per heavy atom. The van der Waals surface area contributed by atoms with Crippen molar-refractivity contribution in [2.24, 2.45) is 7.05 Å². The molecule has 1 fully saturated rings. The van der Waals surface area contributed by atoms with E-state index >= 15 is 0 Å².